The summed E-state index contributed by atoms with van der Waals surface area (Å²) in [7, 11) is -3.36. The van der Waals surface area contributed by atoms with Gasteiger partial charge in [0.1, 0.15) is 5.82 Å². The van der Waals surface area contributed by atoms with E-state index < -0.39 is 21.2 Å². The van der Waals surface area contributed by atoms with Gasteiger partial charge in [-0.05, 0) is 54.3 Å². The summed E-state index contributed by atoms with van der Waals surface area (Å²) in [5.41, 5.74) is 0.804. The Morgan fingerprint density at radius 3 is 2.35 bits per heavy atom. The van der Waals surface area contributed by atoms with E-state index in [4.69, 9.17) is 9.84 Å². The predicted molar refractivity (Wildman–Crippen MR) is 115 cm³/mol. The lowest BCUT2D eigenvalue weighted by Gasteiger charge is -2.16. The number of sulfone groups is 1. The third-order valence-corrected chi connectivity index (χ3v) is 5.86. The number of aliphatic hydroxyl groups excluding tert-OH is 1. The van der Waals surface area contributed by atoms with Crippen molar-refractivity contribution in [2.75, 3.05) is 19.5 Å². The van der Waals surface area contributed by atoms with Crippen molar-refractivity contribution in [2.24, 2.45) is 5.92 Å². The van der Waals surface area contributed by atoms with E-state index in [1.54, 1.807) is 12.1 Å². The van der Waals surface area contributed by atoms with E-state index in [0.717, 1.165) is 10.9 Å². The van der Waals surface area contributed by atoms with Crippen molar-refractivity contribution >= 4 is 9.84 Å². The van der Waals surface area contributed by atoms with Crippen molar-refractivity contribution in [1.82, 2.24) is 9.78 Å². The van der Waals surface area contributed by atoms with Crippen LogP contribution in [0.4, 0.5) is 4.39 Å². The van der Waals surface area contributed by atoms with Crippen LogP contribution in [-0.4, -0.2) is 42.8 Å². The molecule has 1 N–H and O–H groups in total. The van der Waals surface area contributed by atoms with Crippen molar-refractivity contribution in [3.63, 3.8) is 0 Å². The number of nitrogens with zero attached hydrogens (tertiary/aromatic N) is 2. The van der Waals surface area contributed by atoms with E-state index in [9.17, 15) is 17.6 Å². The second kappa shape index (κ2) is 9.40. The first kappa shape index (κ1) is 22.6. The zero-order valence-corrected chi connectivity index (χ0v) is 18.0. The first-order valence-corrected chi connectivity index (χ1v) is 11.5. The highest BCUT2D eigenvalue weighted by Gasteiger charge is 2.18. The summed E-state index contributed by atoms with van der Waals surface area (Å²) in [4.78, 5) is 13.3. The molecule has 1 aromatic heterocycles. The molecule has 0 spiro atoms. The second-order valence-electron chi connectivity index (χ2n) is 7.31. The largest absolute Gasteiger partial charge is 0.487 e. The SMILES string of the molecule is CC(CCO)COc1c(-c2ccc(S(C)(=O)=O)cc2)cnn(-c2ccc(F)cc2)c1=O. The van der Waals surface area contributed by atoms with Gasteiger partial charge in [-0.2, -0.15) is 9.78 Å². The van der Waals surface area contributed by atoms with Crippen LogP contribution in [0.2, 0.25) is 0 Å². The Kier molecular flexibility index (Phi) is 6.87. The fourth-order valence-electron chi connectivity index (χ4n) is 2.96. The Labute approximate surface area is 179 Å². The third kappa shape index (κ3) is 5.36. The standard InChI is InChI=1S/C22H23FN2O5S/c1-15(11-12-26)14-30-21-20(16-3-9-19(10-4-16)31(2,28)29)13-24-25(22(21)27)18-7-5-17(23)6-8-18/h3-10,13,15,26H,11-12,14H2,1-2H3. The lowest BCUT2D eigenvalue weighted by molar-refractivity contribution is 0.206. The Hall–Kier alpha value is -3.04. The van der Waals surface area contributed by atoms with Gasteiger partial charge in [0.2, 0.25) is 0 Å². The number of rotatable bonds is 8. The summed E-state index contributed by atoms with van der Waals surface area (Å²) < 4.78 is 43.7. The van der Waals surface area contributed by atoms with Gasteiger partial charge in [0, 0.05) is 18.4 Å². The van der Waals surface area contributed by atoms with E-state index in [1.807, 2.05) is 6.92 Å². The summed E-state index contributed by atoms with van der Waals surface area (Å²) in [6.45, 7) is 2.08. The number of aliphatic hydroxyl groups is 1. The lowest BCUT2D eigenvalue weighted by Crippen LogP contribution is -2.25. The van der Waals surface area contributed by atoms with Gasteiger partial charge in [-0.1, -0.05) is 19.1 Å². The number of halogens is 1. The van der Waals surface area contributed by atoms with E-state index in [2.05, 4.69) is 5.10 Å². The molecule has 0 aliphatic carbocycles. The van der Waals surface area contributed by atoms with Gasteiger partial charge >= 0.3 is 5.56 Å². The van der Waals surface area contributed by atoms with Crippen LogP contribution in [0.15, 0.2) is 64.4 Å². The molecule has 1 atom stereocenters. The topological polar surface area (TPSA) is 98.5 Å². The maximum atomic E-state index is 13.3. The zero-order chi connectivity index (χ0) is 22.6. The highest BCUT2D eigenvalue weighted by Crippen LogP contribution is 2.28. The molecule has 164 valence electrons. The summed E-state index contributed by atoms with van der Waals surface area (Å²) in [6.07, 6.45) is 3.08. The van der Waals surface area contributed by atoms with Crippen LogP contribution in [0.1, 0.15) is 13.3 Å². The summed E-state index contributed by atoms with van der Waals surface area (Å²) >= 11 is 0. The van der Waals surface area contributed by atoms with Crippen molar-refractivity contribution in [2.45, 2.75) is 18.2 Å². The minimum atomic E-state index is -3.36. The van der Waals surface area contributed by atoms with E-state index in [0.29, 0.717) is 23.2 Å². The number of aromatic nitrogens is 2. The van der Waals surface area contributed by atoms with E-state index >= 15 is 0 Å². The zero-order valence-electron chi connectivity index (χ0n) is 17.2. The van der Waals surface area contributed by atoms with Gasteiger partial charge in [-0.3, -0.25) is 4.79 Å². The molecular weight excluding hydrogens is 423 g/mol. The summed E-state index contributed by atoms with van der Waals surface area (Å²) in [5.74, 6) is -0.401. The Bertz CT molecular complexity index is 1210. The highest BCUT2D eigenvalue weighted by molar-refractivity contribution is 7.90. The number of hydrogen-bond acceptors (Lipinski definition) is 6. The van der Waals surface area contributed by atoms with E-state index in [-0.39, 0.29) is 29.8 Å². The average Bonchev–Trinajstić information content (AvgIpc) is 2.73. The first-order valence-electron chi connectivity index (χ1n) is 9.63. The number of benzene rings is 2. The summed E-state index contributed by atoms with van der Waals surface area (Å²) in [5, 5.41) is 13.3. The molecule has 0 radical (unpaired) electrons. The van der Waals surface area contributed by atoms with Gasteiger partial charge < -0.3 is 9.84 Å². The van der Waals surface area contributed by atoms with Gasteiger partial charge in [-0.25, -0.2) is 12.8 Å². The van der Waals surface area contributed by atoms with Crippen molar-refractivity contribution in [3.8, 4) is 22.6 Å². The molecule has 9 heteroatoms. The normalized spacial score (nSPS) is 12.5. The average molecular weight is 447 g/mol. The molecule has 1 unspecified atom stereocenters. The Morgan fingerprint density at radius 2 is 1.77 bits per heavy atom. The maximum absolute atomic E-state index is 13.3. The Balaban J connectivity index is 2.08. The van der Waals surface area contributed by atoms with Crippen LogP contribution in [0, 0.1) is 11.7 Å². The molecule has 0 saturated heterocycles. The van der Waals surface area contributed by atoms with Crippen molar-refractivity contribution < 1.29 is 22.7 Å². The van der Waals surface area contributed by atoms with Gasteiger partial charge in [0.05, 0.1) is 23.4 Å². The predicted octanol–water partition coefficient (Wildman–Crippen LogP) is 2.84. The van der Waals surface area contributed by atoms with Crippen LogP contribution in [0.3, 0.4) is 0 Å². The molecule has 0 bridgehead atoms. The third-order valence-electron chi connectivity index (χ3n) is 4.73. The van der Waals surface area contributed by atoms with Crippen LogP contribution in [-0.2, 0) is 9.84 Å². The molecule has 2 aromatic carbocycles. The molecule has 0 saturated carbocycles. The van der Waals surface area contributed by atoms with Crippen LogP contribution in [0.25, 0.3) is 16.8 Å². The fourth-order valence-corrected chi connectivity index (χ4v) is 3.59. The summed E-state index contributed by atoms with van der Waals surface area (Å²) in [6, 6.07) is 11.4. The molecule has 0 aliphatic rings. The second-order valence-corrected chi connectivity index (χ2v) is 9.32. The molecule has 7 nitrogen and oxygen atoms in total. The monoisotopic (exact) mass is 446 g/mol. The number of hydrogen-bond donors (Lipinski definition) is 1. The smallest absolute Gasteiger partial charge is 0.314 e. The molecular formula is C22H23FN2O5S. The molecule has 0 amide bonds. The fraction of sp³-hybridized carbons (Fsp3) is 0.273. The van der Waals surface area contributed by atoms with Crippen molar-refractivity contribution in [3.05, 3.63) is 70.9 Å². The van der Waals surface area contributed by atoms with Gasteiger partial charge in [-0.15, -0.1) is 0 Å². The molecule has 1 heterocycles. The number of ether oxygens (including phenoxy) is 1. The molecule has 3 rings (SSSR count). The maximum Gasteiger partial charge on any atom is 0.314 e. The van der Waals surface area contributed by atoms with Crippen LogP contribution < -0.4 is 10.3 Å². The molecule has 0 aliphatic heterocycles. The lowest BCUT2D eigenvalue weighted by atomic mass is 10.1. The van der Waals surface area contributed by atoms with Crippen LogP contribution in [0.5, 0.6) is 5.75 Å². The molecule has 31 heavy (non-hydrogen) atoms. The minimum Gasteiger partial charge on any atom is -0.487 e. The highest BCUT2D eigenvalue weighted by atomic mass is 32.2. The molecule has 3 aromatic rings. The van der Waals surface area contributed by atoms with Crippen LogP contribution >= 0.6 is 0 Å². The van der Waals surface area contributed by atoms with Gasteiger partial charge in [0.15, 0.2) is 15.6 Å². The van der Waals surface area contributed by atoms with Gasteiger partial charge in [0.25, 0.3) is 0 Å². The minimum absolute atomic E-state index is 0.000490. The molecule has 0 fully saturated rings. The van der Waals surface area contributed by atoms with Crippen molar-refractivity contribution in [1.29, 1.82) is 0 Å². The first-order chi connectivity index (χ1) is 14.7. The van der Waals surface area contributed by atoms with E-state index in [1.165, 1.54) is 42.6 Å². The quantitative estimate of drug-likeness (QED) is 0.571. The Morgan fingerprint density at radius 1 is 1.13 bits per heavy atom.